The molecule has 2 aliphatic heterocycles. The Bertz CT molecular complexity index is 317. The molecule has 1 amide bonds. The fourth-order valence-electron chi connectivity index (χ4n) is 2.41. The molecule has 2 rings (SSSR count). The fraction of sp³-hybridized carbons (Fsp3) is 0.818. The monoisotopic (exact) mass is 259 g/mol. The minimum atomic E-state index is -1.02. The van der Waals surface area contributed by atoms with E-state index >= 15 is 0 Å². The first-order valence-corrected chi connectivity index (χ1v) is 6.97. The Balaban J connectivity index is 2.04. The molecule has 0 aliphatic carbocycles. The van der Waals surface area contributed by atoms with E-state index in [1.807, 2.05) is 0 Å². The molecule has 96 valence electrons. The predicted octanol–water partition coefficient (Wildman–Crippen LogP) is 0.319. The summed E-state index contributed by atoms with van der Waals surface area (Å²) in [5.74, 6) is -0.167. The maximum Gasteiger partial charge on any atom is 0.326 e. The lowest BCUT2D eigenvalue weighted by Gasteiger charge is -2.28. The maximum absolute atomic E-state index is 12.2. The summed E-state index contributed by atoms with van der Waals surface area (Å²) in [6.07, 6.45) is 2.42. The Morgan fingerprint density at radius 3 is 2.65 bits per heavy atom. The second-order valence-corrected chi connectivity index (χ2v) is 5.90. The van der Waals surface area contributed by atoms with Crippen molar-refractivity contribution >= 4 is 23.6 Å². The Hall–Kier alpha value is -0.750. The van der Waals surface area contributed by atoms with E-state index in [1.54, 1.807) is 11.8 Å². The summed E-state index contributed by atoms with van der Waals surface area (Å²) in [5, 5.41) is 18.4. The number of β-amino-alcohol motifs (C(OH)–C–C–N with tert-alkyl or cyclic N) is 1. The van der Waals surface area contributed by atoms with Crippen LogP contribution in [0.25, 0.3) is 0 Å². The van der Waals surface area contributed by atoms with Gasteiger partial charge in [0, 0.05) is 13.0 Å². The Kier molecular flexibility index (Phi) is 3.93. The highest BCUT2D eigenvalue weighted by molar-refractivity contribution is 8.00. The zero-order valence-electron chi connectivity index (χ0n) is 9.54. The van der Waals surface area contributed by atoms with E-state index in [2.05, 4.69) is 0 Å². The molecule has 5 nitrogen and oxygen atoms in total. The van der Waals surface area contributed by atoms with E-state index in [0.29, 0.717) is 0 Å². The molecule has 2 fully saturated rings. The number of likely N-dealkylation sites (tertiary alicyclic amines) is 1. The summed E-state index contributed by atoms with van der Waals surface area (Å²) in [5.41, 5.74) is 0. The van der Waals surface area contributed by atoms with Crippen LogP contribution in [0, 0.1) is 0 Å². The fourth-order valence-corrected chi connectivity index (χ4v) is 3.68. The molecular formula is C11H17NO4S. The smallest absolute Gasteiger partial charge is 0.326 e. The Labute approximate surface area is 104 Å². The molecule has 2 heterocycles. The SMILES string of the molecule is O=C(O)[C@@H]1C[C@H](O)CN1C(=O)C1CCCCS1. The number of hydrogen-bond acceptors (Lipinski definition) is 4. The van der Waals surface area contributed by atoms with Crippen molar-refractivity contribution in [3.05, 3.63) is 0 Å². The summed E-state index contributed by atoms with van der Waals surface area (Å²) in [6.45, 7) is 0.160. The number of carboxylic acid groups (broad SMARTS) is 1. The van der Waals surface area contributed by atoms with E-state index in [4.69, 9.17) is 5.11 Å². The third-order valence-corrected chi connectivity index (χ3v) is 4.67. The van der Waals surface area contributed by atoms with Crippen LogP contribution >= 0.6 is 11.8 Å². The number of aliphatic hydroxyl groups is 1. The molecule has 2 aliphatic rings. The number of carbonyl (C=O) groups is 2. The molecule has 17 heavy (non-hydrogen) atoms. The van der Waals surface area contributed by atoms with E-state index in [1.165, 1.54) is 4.90 Å². The zero-order chi connectivity index (χ0) is 12.4. The number of carboxylic acids is 1. The minimum Gasteiger partial charge on any atom is -0.480 e. The number of thioether (sulfide) groups is 1. The van der Waals surface area contributed by atoms with Gasteiger partial charge in [-0.25, -0.2) is 4.79 Å². The number of aliphatic hydroxyl groups excluding tert-OH is 1. The summed E-state index contributed by atoms with van der Waals surface area (Å²) in [7, 11) is 0. The minimum absolute atomic E-state index is 0.112. The van der Waals surface area contributed by atoms with Crippen molar-refractivity contribution in [3.63, 3.8) is 0 Å². The molecule has 0 bridgehead atoms. The first-order chi connectivity index (χ1) is 8.09. The highest BCUT2D eigenvalue weighted by atomic mass is 32.2. The molecule has 0 radical (unpaired) electrons. The summed E-state index contributed by atoms with van der Waals surface area (Å²) in [4.78, 5) is 24.6. The second kappa shape index (κ2) is 5.27. The molecule has 2 N–H and O–H groups in total. The van der Waals surface area contributed by atoms with Gasteiger partial charge in [-0.3, -0.25) is 4.79 Å². The van der Waals surface area contributed by atoms with Gasteiger partial charge < -0.3 is 15.1 Å². The molecule has 6 heteroatoms. The summed E-state index contributed by atoms with van der Waals surface area (Å²) in [6, 6.07) is -0.847. The van der Waals surface area contributed by atoms with Gasteiger partial charge in [0.1, 0.15) is 6.04 Å². The topological polar surface area (TPSA) is 77.8 Å². The average molecular weight is 259 g/mol. The third kappa shape index (κ3) is 2.74. The van der Waals surface area contributed by atoms with Crippen LogP contribution in [0.2, 0.25) is 0 Å². The Morgan fingerprint density at radius 1 is 1.29 bits per heavy atom. The molecule has 0 aromatic carbocycles. The summed E-state index contributed by atoms with van der Waals surface area (Å²) >= 11 is 1.61. The van der Waals surface area contributed by atoms with Crippen molar-refractivity contribution in [2.24, 2.45) is 0 Å². The maximum atomic E-state index is 12.2. The first kappa shape index (κ1) is 12.7. The lowest BCUT2D eigenvalue weighted by Crippen LogP contribution is -2.45. The van der Waals surface area contributed by atoms with Gasteiger partial charge >= 0.3 is 5.97 Å². The van der Waals surface area contributed by atoms with Crippen molar-refractivity contribution in [1.82, 2.24) is 4.90 Å². The van der Waals surface area contributed by atoms with Crippen LogP contribution in [0.3, 0.4) is 0 Å². The van der Waals surface area contributed by atoms with Crippen LogP contribution in [-0.2, 0) is 9.59 Å². The van der Waals surface area contributed by atoms with Crippen molar-refractivity contribution in [1.29, 1.82) is 0 Å². The molecule has 0 aromatic rings. The van der Waals surface area contributed by atoms with E-state index < -0.39 is 18.1 Å². The largest absolute Gasteiger partial charge is 0.480 e. The number of hydrogen-bond donors (Lipinski definition) is 2. The van der Waals surface area contributed by atoms with E-state index in [9.17, 15) is 14.7 Å². The van der Waals surface area contributed by atoms with Crippen LogP contribution < -0.4 is 0 Å². The van der Waals surface area contributed by atoms with Crippen molar-refractivity contribution in [2.45, 2.75) is 43.1 Å². The van der Waals surface area contributed by atoms with Gasteiger partial charge in [-0.2, -0.15) is 0 Å². The molecule has 3 atom stereocenters. The highest BCUT2D eigenvalue weighted by Gasteiger charge is 2.41. The third-order valence-electron chi connectivity index (χ3n) is 3.30. The zero-order valence-corrected chi connectivity index (χ0v) is 10.4. The van der Waals surface area contributed by atoms with Crippen LogP contribution in [0.15, 0.2) is 0 Å². The van der Waals surface area contributed by atoms with Crippen molar-refractivity contribution in [3.8, 4) is 0 Å². The van der Waals surface area contributed by atoms with Crippen LogP contribution in [0.5, 0.6) is 0 Å². The van der Waals surface area contributed by atoms with Crippen molar-refractivity contribution < 1.29 is 19.8 Å². The average Bonchev–Trinajstić information content (AvgIpc) is 2.72. The van der Waals surface area contributed by atoms with Gasteiger partial charge in [0.25, 0.3) is 0 Å². The van der Waals surface area contributed by atoms with Gasteiger partial charge in [0.05, 0.1) is 11.4 Å². The second-order valence-electron chi connectivity index (χ2n) is 4.59. The number of amides is 1. The van der Waals surface area contributed by atoms with E-state index in [0.717, 1.165) is 25.0 Å². The van der Waals surface area contributed by atoms with Gasteiger partial charge in [0.15, 0.2) is 0 Å². The quantitative estimate of drug-likeness (QED) is 0.746. The Morgan fingerprint density at radius 2 is 2.06 bits per heavy atom. The van der Waals surface area contributed by atoms with Gasteiger partial charge in [-0.05, 0) is 18.6 Å². The number of nitrogens with zero attached hydrogens (tertiary/aromatic N) is 1. The van der Waals surface area contributed by atoms with E-state index in [-0.39, 0.29) is 24.1 Å². The first-order valence-electron chi connectivity index (χ1n) is 5.92. The number of rotatable bonds is 2. The van der Waals surface area contributed by atoms with Crippen LogP contribution in [0.1, 0.15) is 25.7 Å². The van der Waals surface area contributed by atoms with Crippen LogP contribution in [-0.4, -0.2) is 56.7 Å². The molecule has 2 saturated heterocycles. The number of carbonyl (C=O) groups excluding carboxylic acids is 1. The van der Waals surface area contributed by atoms with Gasteiger partial charge in [-0.1, -0.05) is 6.42 Å². The van der Waals surface area contributed by atoms with Crippen LogP contribution in [0.4, 0.5) is 0 Å². The lowest BCUT2D eigenvalue weighted by atomic mass is 10.1. The lowest BCUT2D eigenvalue weighted by molar-refractivity contribution is -0.148. The van der Waals surface area contributed by atoms with Crippen molar-refractivity contribution in [2.75, 3.05) is 12.3 Å². The molecular weight excluding hydrogens is 242 g/mol. The molecule has 1 unspecified atom stereocenters. The van der Waals surface area contributed by atoms with Gasteiger partial charge in [0.2, 0.25) is 5.91 Å². The highest BCUT2D eigenvalue weighted by Crippen LogP contribution is 2.29. The number of aliphatic carboxylic acids is 1. The molecule has 0 aromatic heterocycles. The molecule has 0 spiro atoms. The molecule has 0 saturated carbocycles. The standard InChI is InChI=1S/C11H17NO4S/c13-7-5-8(11(15)16)12(6-7)10(14)9-3-1-2-4-17-9/h7-9,13H,1-6H2,(H,15,16)/t7-,8-,9?/m0/s1. The van der Waals surface area contributed by atoms with Gasteiger partial charge in [-0.15, -0.1) is 11.8 Å². The summed E-state index contributed by atoms with van der Waals surface area (Å²) < 4.78 is 0. The predicted molar refractivity (Wildman–Crippen MR) is 63.9 cm³/mol. The normalized spacial score (nSPS) is 33.7.